The van der Waals surface area contributed by atoms with Gasteiger partial charge >= 0.3 is 0 Å². The second-order valence-corrected chi connectivity index (χ2v) is 14.0. The van der Waals surface area contributed by atoms with Gasteiger partial charge in [-0.25, -0.2) is 18.4 Å². The van der Waals surface area contributed by atoms with Crippen molar-refractivity contribution in [2.45, 2.75) is 43.7 Å². The average Bonchev–Trinajstić information content (AvgIpc) is 3.77. The number of imidazole rings is 1. The van der Waals surface area contributed by atoms with Crippen LogP contribution >= 0.6 is 23.2 Å². The largest absolute Gasteiger partial charge is 0.487 e. The predicted molar refractivity (Wildman–Crippen MR) is 176 cm³/mol. The third-order valence-electron chi connectivity index (χ3n) is 8.36. The Hall–Kier alpha value is -3.26. The summed E-state index contributed by atoms with van der Waals surface area (Å²) in [6, 6.07) is 9.65. The molecule has 0 spiro atoms. The van der Waals surface area contributed by atoms with E-state index in [0.29, 0.717) is 36.2 Å². The van der Waals surface area contributed by atoms with Crippen LogP contribution in [0.5, 0.6) is 5.75 Å². The maximum Gasteiger partial charge on any atom is 0.245 e. The first-order valence-electron chi connectivity index (χ1n) is 15.3. The van der Waals surface area contributed by atoms with Crippen molar-refractivity contribution in [2.75, 3.05) is 45.9 Å². The first kappa shape index (κ1) is 32.7. The highest BCUT2D eigenvalue weighted by Gasteiger charge is 2.40. The molecule has 46 heavy (non-hydrogen) atoms. The van der Waals surface area contributed by atoms with Crippen molar-refractivity contribution >= 4 is 50.0 Å². The molecule has 2 aromatic carbocycles. The van der Waals surface area contributed by atoms with Crippen molar-refractivity contribution in [3.8, 4) is 11.4 Å². The molecule has 2 aromatic heterocycles. The van der Waals surface area contributed by atoms with Crippen molar-refractivity contribution in [3.05, 3.63) is 76.4 Å². The van der Waals surface area contributed by atoms with E-state index in [9.17, 15) is 13.2 Å². The van der Waals surface area contributed by atoms with Gasteiger partial charge < -0.3 is 19.4 Å². The summed E-state index contributed by atoms with van der Waals surface area (Å²) in [4.78, 5) is 24.2. The van der Waals surface area contributed by atoms with Gasteiger partial charge in [-0.15, -0.1) is 0 Å². The van der Waals surface area contributed by atoms with Crippen LogP contribution in [-0.2, 0) is 26.2 Å². The Bertz CT molecular complexity index is 1820. The lowest BCUT2D eigenvalue weighted by Gasteiger charge is -2.27. The number of halogens is 2. The van der Waals surface area contributed by atoms with Gasteiger partial charge in [0.15, 0.2) is 0 Å². The number of pyridine rings is 1. The summed E-state index contributed by atoms with van der Waals surface area (Å²) in [5.41, 5.74) is 2.65. The minimum absolute atomic E-state index is 0.0347. The molecule has 4 heterocycles. The Kier molecular flexibility index (Phi) is 10.1. The lowest BCUT2D eigenvalue weighted by atomic mass is 10.1. The van der Waals surface area contributed by atoms with E-state index in [0.717, 1.165) is 56.0 Å². The Morgan fingerprint density at radius 2 is 1.98 bits per heavy atom. The van der Waals surface area contributed by atoms with E-state index in [1.165, 1.54) is 16.4 Å². The highest BCUT2D eigenvalue weighted by molar-refractivity contribution is 7.89. The van der Waals surface area contributed by atoms with Crippen molar-refractivity contribution in [3.63, 3.8) is 0 Å². The number of benzene rings is 2. The van der Waals surface area contributed by atoms with E-state index >= 15 is 0 Å². The van der Waals surface area contributed by atoms with Gasteiger partial charge in [-0.2, -0.15) is 4.31 Å². The number of para-hydroxylation sites is 1. The average molecular weight is 688 g/mol. The van der Waals surface area contributed by atoms with Gasteiger partial charge in [0, 0.05) is 60.2 Å². The minimum atomic E-state index is -4.12. The summed E-state index contributed by atoms with van der Waals surface area (Å²) in [6.07, 6.45) is 7.06. The maximum atomic E-state index is 13.9. The second kappa shape index (κ2) is 14.2. The fraction of sp³-hybridized carbons (Fsp3) is 0.406. The molecule has 6 rings (SSSR count). The van der Waals surface area contributed by atoms with Crippen LogP contribution in [0.15, 0.2) is 60.0 Å². The molecule has 2 fully saturated rings. The van der Waals surface area contributed by atoms with E-state index in [1.54, 1.807) is 18.6 Å². The van der Waals surface area contributed by atoms with E-state index in [4.69, 9.17) is 37.7 Å². The number of sulfonamides is 1. The normalized spacial score (nSPS) is 17.8. The van der Waals surface area contributed by atoms with Crippen LogP contribution in [0.25, 0.3) is 16.6 Å². The van der Waals surface area contributed by atoms with E-state index in [1.807, 2.05) is 35.9 Å². The first-order chi connectivity index (χ1) is 22.2. The summed E-state index contributed by atoms with van der Waals surface area (Å²) in [6.45, 7) is 6.54. The quantitative estimate of drug-likeness (QED) is 0.227. The molecule has 1 N–H and O–H groups in total. The summed E-state index contributed by atoms with van der Waals surface area (Å²) in [7, 11) is -4.12. The topological polar surface area (TPSA) is 119 Å². The third kappa shape index (κ3) is 6.87. The smallest absolute Gasteiger partial charge is 0.245 e. The molecule has 2 aliphatic rings. The Balaban J connectivity index is 1.18. The summed E-state index contributed by atoms with van der Waals surface area (Å²) < 4.78 is 42.6. The lowest BCUT2D eigenvalue weighted by molar-refractivity contribution is -0.124. The van der Waals surface area contributed by atoms with Crippen LogP contribution < -0.4 is 10.1 Å². The number of aromatic nitrogens is 3. The van der Waals surface area contributed by atoms with Gasteiger partial charge in [0.2, 0.25) is 15.9 Å². The van der Waals surface area contributed by atoms with Crippen LogP contribution in [-0.4, -0.2) is 90.0 Å². The third-order valence-corrected chi connectivity index (χ3v) is 11.2. The van der Waals surface area contributed by atoms with Crippen LogP contribution in [0.4, 0.5) is 0 Å². The molecule has 11 nitrogen and oxygen atoms in total. The number of hydrogen-bond acceptors (Lipinski definition) is 8. The van der Waals surface area contributed by atoms with E-state index in [-0.39, 0.29) is 34.0 Å². The van der Waals surface area contributed by atoms with Gasteiger partial charge in [0.05, 0.1) is 30.3 Å². The summed E-state index contributed by atoms with van der Waals surface area (Å²) >= 11 is 13.3. The number of amides is 1. The van der Waals surface area contributed by atoms with E-state index < -0.39 is 16.1 Å². The SMILES string of the molecule is Cc1cc(-n2ccnc2)c2cccc(OCc3c(Cl)ccc(S(=O)(=O)N4CCC[C@H]4C(=O)NCCCN4CCOCC4)c3Cl)c2n1. The summed E-state index contributed by atoms with van der Waals surface area (Å²) in [5, 5.41) is 4.02. The zero-order chi connectivity index (χ0) is 32.3. The van der Waals surface area contributed by atoms with Crippen molar-refractivity contribution in [2.24, 2.45) is 0 Å². The molecule has 0 radical (unpaired) electrons. The van der Waals surface area contributed by atoms with Gasteiger partial charge in [-0.3, -0.25) is 9.69 Å². The number of aryl methyl sites for hydroxylation is 1. The van der Waals surface area contributed by atoms with Gasteiger partial charge in [-0.1, -0.05) is 35.3 Å². The summed E-state index contributed by atoms with van der Waals surface area (Å²) in [5.74, 6) is 0.193. The molecular weight excluding hydrogens is 651 g/mol. The van der Waals surface area contributed by atoms with Crippen molar-refractivity contribution in [1.29, 1.82) is 0 Å². The number of nitrogens with one attached hydrogen (secondary N) is 1. The molecule has 0 aliphatic carbocycles. The zero-order valence-electron chi connectivity index (χ0n) is 25.5. The number of ether oxygens (including phenoxy) is 2. The zero-order valence-corrected chi connectivity index (χ0v) is 27.8. The van der Waals surface area contributed by atoms with Crippen LogP contribution in [0.3, 0.4) is 0 Å². The molecule has 4 aromatic rings. The fourth-order valence-electron chi connectivity index (χ4n) is 5.99. The molecule has 0 unspecified atom stereocenters. The van der Waals surface area contributed by atoms with Crippen molar-refractivity contribution in [1.82, 2.24) is 29.1 Å². The molecular formula is C32H36Cl2N6O5S. The lowest BCUT2D eigenvalue weighted by Crippen LogP contribution is -2.46. The Morgan fingerprint density at radius 1 is 1.15 bits per heavy atom. The number of fused-ring (bicyclic) bond motifs is 1. The molecule has 0 saturated carbocycles. The Morgan fingerprint density at radius 3 is 2.76 bits per heavy atom. The van der Waals surface area contributed by atoms with Crippen LogP contribution in [0, 0.1) is 6.92 Å². The minimum Gasteiger partial charge on any atom is -0.487 e. The monoisotopic (exact) mass is 686 g/mol. The number of carbonyl (C=O) groups is 1. The molecule has 2 saturated heterocycles. The molecule has 14 heteroatoms. The predicted octanol–water partition coefficient (Wildman–Crippen LogP) is 4.61. The number of carbonyl (C=O) groups excluding carboxylic acids is 1. The van der Waals surface area contributed by atoms with E-state index in [2.05, 4.69) is 15.2 Å². The molecule has 1 amide bonds. The van der Waals surface area contributed by atoms with Crippen molar-refractivity contribution < 1.29 is 22.7 Å². The maximum absolute atomic E-state index is 13.9. The highest BCUT2D eigenvalue weighted by atomic mass is 35.5. The molecule has 1 atom stereocenters. The van der Waals surface area contributed by atoms with Crippen LogP contribution in [0.1, 0.15) is 30.5 Å². The van der Waals surface area contributed by atoms with Gasteiger partial charge in [0.1, 0.15) is 28.8 Å². The molecule has 0 bridgehead atoms. The Labute approximate surface area is 278 Å². The fourth-order valence-corrected chi connectivity index (χ4v) is 8.51. The molecule has 244 valence electrons. The number of nitrogens with zero attached hydrogens (tertiary/aromatic N) is 5. The van der Waals surface area contributed by atoms with Gasteiger partial charge in [-0.05, 0) is 57.0 Å². The van der Waals surface area contributed by atoms with Gasteiger partial charge in [0.25, 0.3) is 0 Å². The standard InChI is InChI=1S/C32H36Cl2N6O5S/c1-22-19-27(39-14-11-35-21-39)23-5-2-7-28(31(23)37-22)45-20-24-25(33)8-9-29(30(24)34)46(42,43)40-13-3-6-26(40)32(41)36-10-4-12-38-15-17-44-18-16-38/h2,5,7-9,11,14,19,21,26H,3-4,6,10,12-13,15-18,20H2,1H3,(H,36,41)/t26-/m0/s1. The molecule has 2 aliphatic heterocycles. The number of rotatable bonds is 11. The highest BCUT2D eigenvalue weighted by Crippen LogP contribution is 2.37. The first-order valence-corrected chi connectivity index (χ1v) is 17.5. The second-order valence-electron chi connectivity index (χ2n) is 11.4. The number of hydrogen-bond donors (Lipinski definition) is 1. The van der Waals surface area contributed by atoms with Crippen LogP contribution in [0.2, 0.25) is 10.0 Å². The number of morpholine rings is 1.